The first kappa shape index (κ1) is 14.6. The summed E-state index contributed by atoms with van der Waals surface area (Å²) in [7, 11) is 1.93. The number of amides is 2. The van der Waals surface area contributed by atoms with Crippen LogP contribution in [0, 0.1) is 6.92 Å². The summed E-state index contributed by atoms with van der Waals surface area (Å²) < 4.78 is 1.96. The number of nitrogens with zero attached hydrogens (tertiary/aromatic N) is 3. The molecule has 2 aromatic rings. The Hall–Kier alpha value is -2.30. The van der Waals surface area contributed by atoms with Crippen molar-refractivity contribution < 1.29 is 9.59 Å². The summed E-state index contributed by atoms with van der Waals surface area (Å²) in [5.74, 6) is 0.117. The first-order valence-corrected chi connectivity index (χ1v) is 7.58. The Morgan fingerprint density at radius 2 is 1.64 bits per heavy atom. The lowest BCUT2D eigenvalue weighted by atomic mass is 10.2. The summed E-state index contributed by atoms with van der Waals surface area (Å²) in [5, 5.41) is 1.08. The highest BCUT2D eigenvalue weighted by Crippen LogP contribution is 2.21. The lowest BCUT2D eigenvalue weighted by Gasteiger charge is -2.34. The van der Waals surface area contributed by atoms with Crippen molar-refractivity contribution >= 4 is 22.7 Å². The van der Waals surface area contributed by atoms with Crippen molar-refractivity contribution in [2.45, 2.75) is 13.8 Å². The average molecular weight is 299 g/mol. The third-order valence-electron chi connectivity index (χ3n) is 4.43. The zero-order valence-electron chi connectivity index (χ0n) is 13.3. The molecule has 0 saturated carbocycles. The van der Waals surface area contributed by atoms with Crippen LogP contribution < -0.4 is 0 Å². The molecule has 0 N–H and O–H groups in total. The zero-order chi connectivity index (χ0) is 15.9. The topological polar surface area (TPSA) is 45.6 Å². The van der Waals surface area contributed by atoms with Crippen LogP contribution in [-0.4, -0.2) is 52.4 Å². The molecular weight excluding hydrogens is 278 g/mol. The van der Waals surface area contributed by atoms with Crippen LogP contribution in [-0.2, 0) is 11.8 Å². The van der Waals surface area contributed by atoms with Crippen molar-refractivity contribution in [1.82, 2.24) is 14.4 Å². The van der Waals surface area contributed by atoms with Gasteiger partial charge in [-0.15, -0.1) is 0 Å². The Balaban J connectivity index is 1.84. The van der Waals surface area contributed by atoms with Crippen LogP contribution in [0.4, 0.5) is 0 Å². The number of fused-ring (bicyclic) bond motifs is 1. The SMILES string of the molecule is CC(=O)N1CCN(C(=O)c2cc3ccc(C)cc3n2C)CC1. The fourth-order valence-corrected chi connectivity index (χ4v) is 3.03. The smallest absolute Gasteiger partial charge is 0.270 e. The van der Waals surface area contributed by atoms with Crippen LogP contribution in [0.15, 0.2) is 24.3 Å². The standard InChI is InChI=1S/C17H21N3O2/c1-12-4-5-14-11-16(18(3)15(14)10-12)17(22)20-8-6-19(7-9-20)13(2)21/h4-5,10-11H,6-9H2,1-3H3. The third-order valence-corrected chi connectivity index (χ3v) is 4.43. The highest BCUT2D eigenvalue weighted by molar-refractivity contribution is 5.99. The van der Waals surface area contributed by atoms with Gasteiger partial charge in [0.1, 0.15) is 5.69 Å². The summed E-state index contributed by atoms with van der Waals surface area (Å²) in [4.78, 5) is 27.7. The molecule has 1 aliphatic heterocycles. The molecule has 0 radical (unpaired) electrons. The van der Waals surface area contributed by atoms with Crippen LogP contribution in [0.2, 0.25) is 0 Å². The van der Waals surface area contributed by atoms with E-state index in [-0.39, 0.29) is 11.8 Å². The lowest BCUT2D eigenvalue weighted by Crippen LogP contribution is -2.50. The van der Waals surface area contributed by atoms with E-state index in [1.807, 2.05) is 22.6 Å². The molecule has 0 unspecified atom stereocenters. The normalized spacial score (nSPS) is 15.4. The van der Waals surface area contributed by atoms with Gasteiger partial charge in [-0.25, -0.2) is 0 Å². The largest absolute Gasteiger partial charge is 0.340 e. The lowest BCUT2D eigenvalue weighted by molar-refractivity contribution is -0.130. The highest BCUT2D eigenvalue weighted by Gasteiger charge is 2.25. The van der Waals surface area contributed by atoms with Gasteiger partial charge in [0.05, 0.1) is 0 Å². The molecule has 0 atom stereocenters. The molecule has 0 aliphatic carbocycles. The van der Waals surface area contributed by atoms with E-state index < -0.39 is 0 Å². The second-order valence-electron chi connectivity index (χ2n) is 5.95. The van der Waals surface area contributed by atoms with E-state index >= 15 is 0 Å². The van der Waals surface area contributed by atoms with Crippen molar-refractivity contribution in [3.8, 4) is 0 Å². The van der Waals surface area contributed by atoms with Crippen LogP contribution in [0.5, 0.6) is 0 Å². The third kappa shape index (κ3) is 2.47. The molecule has 1 saturated heterocycles. The van der Waals surface area contributed by atoms with Crippen molar-refractivity contribution in [2.75, 3.05) is 26.2 Å². The number of aromatic nitrogens is 1. The molecule has 0 bridgehead atoms. The summed E-state index contributed by atoms with van der Waals surface area (Å²) in [5.41, 5.74) is 2.96. The minimum atomic E-state index is 0.0413. The number of carbonyl (C=O) groups excluding carboxylic acids is 2. The van der Waals surface area contributed by atoms with E-state index in [4.69, 9.17) is 0 Å². The number of carbonyl (C=O) groups is 2. The first-order valence-electron chi connectivity index (χ1n) is 7.58. The van der Waals surface area contributed by atoms with Gasteiger partial charge in [-0.05, 0) is 24.6 Å². The van der Waals surface area contributed by atoms with E-state index in [2.05, 4.69) is 25.1 Å². The van der Waals surface area contributed by atoms with Crippen molar-refractivity contribution in [3.05, 3.63) is 35.5 Å². The van der Waals surface area contributed by atoms with E-state index in [1.165, 1.54) is 5.56 Å². The number of rotatable bonds is 1. The molecule has 2 amide bonds. The molecule has 2 heterocycles. The number of piperazine rings is 1. The molecule has 5 heteroatoms. The van der Waals surface area contributed by atoms with Gasteiger partial charge < -0.3 is 14.4 Å². The van der Waals surface area contributed by atoms with E-state index in [0.29, 0.717) is 31.9 Å². The molecule has 1 fully saturated rings. The fraction of sp³-hybridized carbons (Fsp3) is 0.412. The summed E-state index contributed by atoms with van der Waals surface area (Å²) in [6.45, 7) is 6.05. The Bertz CT molecular complexity index is 740. The molecule has 3 rings (SSSR count). The predicted octanol–water partition coefficient (Wildman–Crippen LogP) is 1.79. The Morgan fingerprint density at radius 3 is 2.27 bits per heavy atom. The van der Waals surface area contributed by atoms with E-state index in [0.717, 1.165) is 10.9 Å². The van der Waals surface area contributed by atoms with Gasteiger partial charge in [0.15, 0.2) is 0 Å². The van der Waals surface area contributed by atoms with Crippen LogP contribution in [0.3, 0.4) is 0 Å². The minimum Gasteiger partial charge on any atom is -0.340 e. The second-order valence-corrected chi connectivity index (χ2v) is 5.95. The zero-order valence-corrected chi connectivity index (χ0v) is 13.3. The summed E-state index contributed by atoms with van der Waals surface area (Å²) >= 11 is 0. The number of aryl methyl sites for hydroxylation is 2. The van der Waals surface area contributed by atoms with Gasteiger partial charge in [0.25, 0.3) is 5.91 Å². The number of hydrogen-bond donors (Lipinski definition) is 0. The molecular formula is C17H21N3O2. The Morgan fingerprint density at radius 1 is 1.00 bits per heavy atom. The van der Waals surface area contributed by atoms with Gasteiger partial charge in [-0.2, -0.15) is 0 Å². The molecule has 22 heavy (non-hydrogen) atoms. The number of hydrogen-bond acceptors (Lipinski definition) is 2. The maximum atomic E-state index is 12.8. The molecule has 1 aliphatic rings. The number of benzene rings is 1. The average Bonchev–Trinajstić information content (AvgIpc) is 2.83. The molecule has 1 aromatic carbocycles. The van der Waals surface area contributed by atoms with Gasteiger partial charge >= 0.3 is 0 Å². The summed E-state index contributed by atoms with van der Waals surface area (Å²) in [6.07, 6.45) is 0. The van der Waals surface area contributed by atoms with E-state index in [9.17, 15) is 9.59 Å². The molecule has 116 valence electrons. The highest BCUT2D eigenvalue weighted by atomic mass is 16.2. The fourth-order valence-electron chi connectivity index (χ4n) is 3.03. The van der Waals surface area contributed by atoms with Crippen LogP contribution in [0.1, 0.15) is 23.0 Å². The molecule has 1 aromatic heterocycles. The van der Waals surface area contributed by atoms with Crippen molar-refractivity contribution in [3.63, 3.8) is 0 Å². The predicted molar refractivity (Wildman–Crippen MR) is 85.8 cm³/mol. The monoisotopic (exact) mass is 299 g/mol. The van der Waals surface area contributed by atoms with Crippen LogP contribution >= 0.6 is 0 Å². The Kier molecular flexibility index (Phi) is 3.64. The first-order chi connectivity index (χ1) is 10.5. The second kappa shape index (κ2) is 5.48. The van der Waals surface area contributed by atoms with Crippen LogP contribution in [0.25, 0.3) is 10.9 Å². The quantitative estimate of drug-likeness (QED) is 0.806. The van der Waals surface area contributed by atoms with Crippen molar-refractivity contribution in [2.24, 2.45) is 7.05 Å². The van der Waals surface area contributed by atoms with Gasteiger partial charge in [0.2, 0.25) is 5.91 Å². The van der Waals surface area contributed by atoms with Gasteiger partial charge in [-0.1, -0.05) is 12.1 Å². The Labute approximate surface area is 130 Å². The molecule has 0 spiro atoms. The maximum absolute atomic E-state index is 12.8. The van der Waals surface area contributed by atoms with Gasteiger partial charge in [0, 0.05) is 51.1 Å². The maximum Gasteiger partial charge on any atom is 0.270 e. The summed E-state index contributed by atoms with van der Waals surface area (Å²) in [6, 6.07) is 8.16. The van der Waals surface area contributed by atoms with E-state index in [1.54, 1.807) is 11.8 Å². The van der Waals surface area contributed by atoms with Gasteiger partial charge in [-0.3, -0.25) is 9.59 Å². The minimum absolute atomic E-state index is 0.0413. The molecule has 5 nitrogen and oxygen atoms in total. The van der Waals surface area contributed by atoms with Crippen molar-refractivity contribution in [1.29, 1.82) is 0 Å².